The van der Waals surface area contributed by atoms with Crippen LogP contribution in [0.3, 0.4) is 0 Å². The van der Waals surface area contributed by atoms with E-state index in [1.54, 1.807) is 0 Å². The molecular weight excluding hydrogens is 346 g/mol. The third-order valence-corrected chi connectivity index (χ3v) is 2.70. The van der Waals surface area contributed by atoms with Crippen molar-refractivity contribution in [3.05, 3.63) is 33.4 Å². The van der Waals surface area contributed by atoms with Crippen LogP contribution >= 0.6 is 22.6 Å². The number of ketones is 1. The third-order valence-electron chi connectivity index (χ3n) is 1.76. The van der Waals surface area contributed by atoms with Gasteiger partial charge in [0.15, 0.2) is 0 Å². The molecule has 0 heterocycles. The summed E-state index contributed by atoms with van der Waals surface area (Å²) in [5, 5.41) is 0. The highest BCUT2D eigenvalue weighted by Crippen LogP contribution is 2.38. The van der Waals surface area contributed by atoms with Gasteiger partial charge in [0.25, 0.3) is 0 Å². The molecule has 0 spiro atoms. The van der Waals surface area contributed by atoms with E-state index in [1.807, 2.05) is 0 Å². The molecule has 0 aliphatic rings. The minimum absolute atomic E-state index is 0.0500. The minimum Gasteiger partial charge on any atom is -0.287 e. The maximum Gasteiger partial charge on any atom is 0.461 e. The Kier molecular flexibility index (Phi) is 3.56. The largest absolute Gasteiger partial charge is 0.461 e. The van der Waals surface area contributed by atoms with Crippen molar-refractivity contribution in [1.82, 2.24) is 0 Å². The molecule has 0 fully saturated rings. The fourth-order valence-electron chi connectivity index (χ4n) is 0.943. The van der Waals surface area contributed by atoms with Crippen LogP contribution in [0, 0.1) is 3.57 Å². The van der Waals surface area contributed by atoms with Crippen LogP contribution < -0.4 is 0 Å². The van der Waals surface area contributed by atoms with Crippen molar-refractivity contribution in [3.63, 3.8) is 0 Å². The quantitative estimate of drug-likeness (QED) is 0.452. The topological polar surface area (TPSA) is 17.1 Å². The summed E-state index contributed by atoms with van der Waals surface area (Å²) in [6.45, 7) is 0. The Morgan fingerprint density at radius 3 is 2.00 bits per heavy atom. The van der Waals surface area contributed by atoms with Crippen LogP contribution in [0.5, 0.6) is 0 Å². The number of benzene rings is 1. The molecule has 0 saturated heterocycles. The molecule has 0 N–H and O–H groups in total. The normalized spacial score (nSPS) is 12.6. The number of hydrogen-bond acceptors (Lipinski definition) is 1. The zero-order chi connectivity index (χ0) is 12.6. The Balaban J connectivity index is 3.18. The first-order valence-corrected chi connectivity index (χ1v) is 4.99. The fourth-order valence-corrected chi connectivity index (χ4v) is 1.58. The number of hydrogen-bond donors (Lipinski definition) is 0. The lowest BCUT2D eigenvalue weighted by atomic mass is 10.1. The van der Waals surface area contributed by atoms with Crippen LogP contribution in [0.2, 0.25) is 0 Å². The van der Waals surface area contributed by atoms with Gasteiger partial charge in [-0.3, -0.25) is 4.79 Å². The molecule has 1 rings (SSSR count). The third kappa shape index (κ3) is 2.33. The molecule has 0 radical (unpaired) electrons. The van der Waals surface area contributed by atoms with Gasteiger partial charge in [-0.05, 0) is 28.7 Å². The van der Waals surface area contributed by atoms with Gasteiger partial charge in [-0.25, -0.2) is 0 Å². The van der Waals surface area contributed by atoms with Gasteiger partial charge < -0.3 is 0 Å². The smallest absolute Gasteiger partial charge is 0.287 e. The van der Waals surface area contributed by atoms with E-state index in [-0.39, 0.29) is 3.57 Å². The summed E-state index contributed by atoms with van der Waals surface area (Å²) in [6, 6.07) is 4.87. The first-order chi connectivity index (χ1) is 7.18. The first kappa shape index (κ1) is 13.3. The fraction of sp³-hybridized carbons (Fsp3) is 0.222. The van der Waals surface area contributed by atoms with Crippen molar-refractivity contribution in [2.45, 2.75) is 12.1 Å². The van der Waals surface area contributed by atoms with Gasteiger partial charge in [0.2, 0.25) is 5.78 Å². The molecule has 1 aromatic rings. The van der Waals surface area contributed by atoms with Gasteiger partial charge in [0, 0.05) is 9.13 Å². The van der Waals surface area contributed by atoms with Crippen LogP contribution in [0.25, 0.3) is 0 Å². The molecule has 0 unspecified atom stereocenters. The van der Waals surface area contributed by atoms with E-state index in [4.69, 9.17) is 0 Å². The molecule has 0 aliphatic heterocycles. The number of alkyl halides is 5. The molecule has 0 bridgehead atoms. The highest BCUT2D eigenvalue weighted by atomic mass is 127. The summed E-state index contributed by atoms with van der Waals surface area (Å²) in [7, 11) is 0. The van der Waals surface area contributed by atoms with Crippen molar-refractivity contribution < 1.29 is 26.7 Å². The lowest BCUT2D eigenvalue weighted by Crippen LogP contribution is -2.44. The number of Topliss-reactive ketones (excluding diaryl/α,β-unsaturated/α-hetero) is 1. The van der Waals surface area contributed by atoms with E-state index in [0.717, 1.165) is 6.07 Å². The van der Waals surface area contributed by atoms with Gasteiger partial charge in [-0.1, -0.05) is 18.2 Å². The Labute approximate surface area is 101 Å². The van der Waals surface area contributed by atoms with Crippen molar-refractivity contribution in [1.29, 1.82) is 0 Å². The number of rotatable bonds is 2. The maximum atomic E-state index is 12.7. The summed E-state index contributed by atoms with van der Waals surface area (Å²) in [6.07, 6.45) is -5.87. The zero-order valence-corrected chi connectivity index (χ0v) is 9.64. The minimum atomic E-state index is -5.87. The van der Waals surface area contributed by atoms with Crippen molar-refractivity contribution in [2.75, 3.05) is 0 Å². The molecule has 1 nitrogen and oxygen atoms in total. The second-order valence-electron chi connectivity index (χ2n) is 2.88. The summed E-state index contributed by atoms with van der Waals surface area (Å²) in [5.41, 5.74) is -0.634. The molecule has 0 saturated carbocycles. The van der Waals surface area contributed by atoms with E-state index in [1.165, 1.54) is 40.8 Å². The van der Waals surface area contributed by atoms with E-state index in [0.29, 0.717) is 0 Å². The maximum absolute atomic E-state index is 12.7. The Morgan fingerprint density at radius 1 is 1.06 bits per heavy atom. The first-order valence-electron chi connectivity index (χ1n) is 3.92. The SMILES string of the molecule is O=C(c1ccccc1I)C(F)(F)C(F)(F)F. The molecule has 7 heteroatoms. The van der Waals surface area contributed by atoms with Crippen molar-refractivity contribution in [3.8, 4) is 0 Å². The highest BCUT2D eigenvalue weighted by molar-refractivity contribution is 14.1. The standard InChI is InChI=1S/C9H4F5IO/c10-8(11,9(12,13)14)7(16)5-3-1-2-4-6(5)15/h1-4H. The van der Waals surface area contributed by atoms with Crippen molar-refractivity contribution >= 4 is 28.4 Å². The van der Waals surface area contributed by atoms with Crippen molar-refractivity contribution in [2.24, 2.45) is 0 Å². The monoisotopic (exact) mass is 350 g/mol. The van der Waals surface area contributed by atoms with E-state index >= 15 is 0 Å². The predicted octanol–water partition coefficient (Wildman–Crippen LogP) is 3.67. The average molecular weight is 350 g/mol. The van der Waals surface area contributed by atoms with Crippen LogP contribution in [0.1, 0.15) is 10.4 Å². The highest BCUT2D eigenvalue weighted by Gasteiger charge is 2.63. The summed E-state index contributed by atoms with van der Waals surface area (Å²) < 4.78 is 61.3. The zero-order valence-electron chi connectivity index (χ0n) is 7.49. The Hall–Kier alpha value is -0.730. The molecular formula is C9H4F5IO. The number of carbonyl (C=O) groups excluding carboxylic acids is 1. The van der Waals surface area contributed by atoms with Crippen LogP contribution in [-0.4, -0.2) is 17.9 Å². The van der Waals surface area contributed by atoms with Gasteiger partial charge in [-0.2, -0.15) is 22.0 Å². The number of halogens is 6. The molecule has 0 aliphatic carbocycles. The second kappa shape index (κ2) is 4.27. The molecule has 0 aromatic heterocycles. The molecule has 16 heavy (non-hydrogen) atoms. The van der Waals surface area contributed by atoms with E-state index < -0.39 is 23.4 Å². The predicted molar refractivity (Wildman–Crippen MR) is 54.5 cm³/mol. The lowest BCUT2D eigenvalue weighted by Gasteiger charge is -2.18. The Bertz CT molecular complexity index is 413. The average Bonchev–Trinajstić information content (AvgIpc) is 2.15. The van der Waals surface area contributed by atoms with Gasteiger partial charge >= 0.3 is 12.1 Å². The van der Waals surface area contributed by atoms with Crippen LogP contribution in [-0.2, 0) is 0 Å². The lowest BCUT2D eigenvalue weighted by molar-refractivity contribution is -0.255. The number of carbonyl (C=O) groups is 1. The van der Waals surface area contributed by atoms with Crippen LogP contribution in [0.15, 0.2) is 24.3 Å². The molecule has 1 aromatic carbocycles. The molecule has 0 atom stereocenters. The summed E-state index contributed by atoms with van der Waals surface area (Å²) >= 11 is 1.52. The second-order valence-corrected chi connectivity index (χ2v) is 4.04. The Morgan fingerprint density at radius 2 is 1.56 bits per heavy atom. The van der Waals surface area contributed by atoms with Gasteiger partial charge in [-0.15, -0.1) is 0 Å². The van der Waals surface area contributed by atoms with Gasteiger partial charge in [0.1, 0.15) is 0 Å². The van der Waals surface area contributed by atoms with Crippen LogP contribution in [0.4, 0.5) is 22.0 Å². The summed E-state index contributed by atoms with van der Waals surface area (Å²) in [4.78, 5) is 11.1. The van der Waals surface area contributed by atoms with E-state index in [9.17, 15) is 26.7 Å². The summed E-state index contributed by atoms with van der Waals surface area (Å²) in [5.74, 6) is -7.58. The molecule has 88 valence electrons. The van der Waals surface area contributed by atoms with E-state index in [2.05, 4.69) is 0 Å². The molecule has 0 amide bonds. The van der Waals surface area contributed by atoms with Gasteiger partial charge in [0.05, 0.1) is 0 Å².